The van der Waals surface area contributed by atoms with Crippen molar-refractivity contribution in [3.63, 3.8) is 0 Å². The molecule has 2 saturated carbocycles. The van der Waals surface area contributed by atoms with Crippen molar-refractivity contribution in [2.75, 3.05) is 11.9 Å². The van der Waals surface area contributed by atoms with E-state index in [1.54, 1.807) is 16.9 Å². The van der Waals surface area contributed by atoms with Crippen molar-refractivity contribution in [1.29, 1.82) is 0 Å². The summed E-state index contributed by atoms with van der Waals surface area (Å²) in [6, 6.07) is 7.48. The average molecular weight is 485 g/mol. The minimum Gasteiger partial charge on any atom is -0.489 e. The quantitative estimate of drug-likeness (QED) is 0.440. The van der Waals surface area contributed by atoms with Crippen LogP contribution in [0.2, 0.25) is 0 Å². The van der Waals surface area contributed by atoms with Crippen LogP contribution in [-0.2, 0) is 10.2 Å². The lowest BCUT2D eigenvalue weighted by atomic mass is 9.62. The van der Waals surface area contributed by atoms with Crippen LogP contribution in [0.25, 0.3) is 11.3 Å². The van der Waals surface area contributed by atoms with E-state index in [2.05, 4.69) is 22.3 Å². The molecule has 2 aliphatic carbocycles. The summed E-state index contributed by atoms with van der Waals surface area (Å²) in [4.78, 5) is 22.6. The maximum absolute atomic E-state index is 13.4. The molecule has 1 amide bonds. The number of hydrogen-bond acceptors (Lipinski definition) is 6. The molecule has 0 aromatic carbocycles. The van der Waals surface area contributed by atoms with E-state index in [-0.39, 0.29) is 23.0 Å². The molecule has 4 aromatic rings. The van der Waals surface area contributed by atoms with Crippen molar-refractivity contribution >= 4 is 17.4 Å². The van der Waals surface area contributed by atoms with Gasteiger partial charge in [0.2, 0.25) is 0 Å². The number of nitrogens with one attached hydrogen (secondary N) is 1. The summed E-state index contributed by atoms with van der Waals surface area (Å²) in [5, 5.41) is 7.47. The van der Waals surface area contributed by atoms with Crippen LogP contribution in [0.4, 0.5) is 5.82 Å². The molecule has 2 aliphatic heterocycles. The number of aromatic nitrogens is 5. The van der Waals surface area contributed by atoms with Gasteiger partial charge in [-0.25, -0.2) is 9.67 Å². The number of nitrogens with zero attached hydrogens (tertiary/aromatic N) is 5. The average Bonchev–Trinajstić information content (AvgIpc) is 3.57. The maximum atomic E-state index is 13.4. The van der Waals surface area contributed by atoms with E-state index in [9.17, 15) is 4.79 Å². The first kappa shape index (κ1) is 21.6. The third-order valence-electron chi connectivity index (χ3n) is 7.79. The topological polar surface area (TPSA) is 95.6 Å². The Bertz CT molecular complexity index is 1490. The second-order valence-electron chi connectivity index (χ2n) is 10.7. The first-order chi connectivity index (χ1) is 17.4. The molecule has 1 N–H and O–H groups in total. The molecule has 6 heterocycles. The number of imidazole rings is 1. The number of hydrogen-bond donors (Lipinski definition) is 1. The second-order valence-corrected chi connectivity index (χ2v) is 10.7. The Hall–Kier alpha value is -3.72. The number of carbonyl (C=O) groups is 1. The van der Waals surface area contributed by atoms with Crippen molar-refractivity contribution in [2.24, 2.45) is 0 Å². The zero-order valence-electron chi connectivity index (χ0n) is 20.4. The van der Waals surface area contributed by atoms with Crippen LogP contribution >= 0.6 is 0 Å². The molecule has 9 nitrogen and oxygen atoms in total. The molecule has 4 aliphatic rings. The third-order valence-corrected chi connectivity index (χ3v) is 7.79. The van der Waals surface area contributed by atoms with Gasteiger partial charge in [0.25, 0.3) is 5.91 Å². The number of aryl methyl sites for hydroxylation is 1. The Balaban J connectivity index is 1.20. The summed E-state index contributed by atoms with van der Waals surface area (Å²) in [5.74, 6) is 0.757. The number of carbonyl (C=O) groups excluding carboxylic acids is 1. The van der Waals surface area contributed by atoms with E-state index in [1.807, 2.05) is 48.1 Å². The lowest BCUT2D eigenvalue weighted by Crippen LogP contribution is -2.45. The summed E-state index contributed by atoms with van der Waals surface area (Å²) in [6.07, 6.45) is 12.7. The van der Waals surface area contributed by atoms with Gasteiger partial charge in [-0.3, -0.25) is 9.78 Å². The van der Waals surface area contributed by atoms with E-state index in [0.29, 0.717) is 23.7 Å². The Labute approximate surface area is 208 Å². The fraction of sp³-hybridized carbons (Fsp3) is 0.407. The molecular weight excluding hydrogens is 456 g/mol. The molecule has 9 heteroatoms. The summed E-state index contributed by atoms with van der Waals surface area (Å²) in [5.41, 5.74) is 4.01. The zero-order valence-corrected chi connectivity index (χ0v) is 20.4. The summed E-state index contributed by atoms with van der Waals surface area (Å²) in [7, 11) is 0. The Morgan fingerprint density at radius 2 is 2.08 bits per heavy atom. The van der Waals surface area contributed by atoms with Gasteiger partial charge >= 0.3 is 0 Å². The van der Waals surface area contributed by atoms with Crippen molar-refractivity contribution in [3.05, 3.63) is 66.0 Å². The highest BCUT2D eigenvalue weighted by molar-refractivity contribution is 6.05. The highest BCUT2D eigenvalue weighted by Gasteiger charge is 2.61. The van der Waals surface area contributed by atoms with Crippen LogP contribution in [0.5, 0.6) is 5.75 Å². The Morgan fingerprint density at radius 3 is 2.81 bits per heavy atom. The van der Waals surface area contributed by atoms with Gasteiger partial charge < -0.3 is 19.2 Å². The number of ether oxygens (including phenoxy) is 2. The van der Waals surface area contributed by atoms with Gasteiger partial charge in [-0.1, -0.05) is 0 Å². The van der Waals surface area contributed by atoms with Crippen LogP contribution in [0, 0.1) is 6.92 Å². The van der Waals surface area contributed by atoms with Gasteiger partial charge in [-0.05, 0) is 58.1 Å². The molecule has 184 valence electrons. The molecule has 0 unspecified atom stereocenters. The number of amides is 1. The first-order valence-electron chi connectivity index (χ1n) is 12.5. The first-order valence-corrected chi connectivity index (χ1v) is 12.5. The van der Waals surface area contributed by atoms with E-state index in [4.69, 9.17) is 14.5 Å². The minimum absolute atomic E-state index is 0.0162. The Kier molecular flexibility index (Phi) is 4.57. The van der Waals surface area contributed by atoms with Gasteiger partial charge in [0.15, 0.2) is 5.82 Å². The van der Waals surface area contributed by atoms with E-state index in [1.165, 1.54) is 0 Å². The fourth-order valence-corrected chi connectivity index (χ4v) is 5.75. The summed E-state index contributed by atoms with van der Waals surface area (Å²) in [6.45, 7) is 4.80. The number of anilines is 1. The van der Waals surface area contributed by atoms with Crippen molar-refractivity contribution in [2.45, 2.75) is 63.1 Å². The maximum Gasteiger partial charge on any atom is 0.262 e. The molecule has 0 atom stereocenters. The standard InChI is InChI=1S/C27H28N6O3/c1-17-10-18(6-8-28-17)33-9-7-23(31-33)30-25(34)20-12-32-13-22(27-14-26(2,15-27)35-16-27)29-24(32)11-21(20)36-19-4-3-5-19/h6-13,19H,3-5,14-16H2,1-2H3,(H,30,31,34). The van der Waals surface area contributed by atoms with Crippen LogP contribution in [-0.4, -0.2) is 48.4 Å². The predicted octanol–water partition coefficient (Wildman–Crippen LogP) is 4.23. The van der Waals surface area contributed by atoms with Crippen molar-refractivity contribution in [3.8, 4) is 11.4 Å². The van der Waals surface area contributed by atoms with E-state index < -0.39 is 0 Å². The van der Waals surface area contributed by atoms with Crippen LogP contribution < -0.4 is 10.1 Å². The molecule has 2 bridgehead atoms. The number of rotatable bonds is 6. The van der Waals surface area contributed by atoms with Gasteiger partial charge in [0.1, 0.15) is 11.4 Å². The van der Waals surface area contributed by atoms with Gasteiger partial charge in [-0.15, -0.1) is 0 Å². The monoisotopic (exact) mass is 484 g/mol. The largest absolute Gasteiger partial charge is 0.489 e. The highest BCUT2D eigenvalue weighted by atomic mass is 16.5. The molecule has 0 radical (unpaired) electrons. The van der Waals surface area contributed by atoms with Crippen LogP contribution in [0.15, 0.2) is 49.1 Å². The molecule has 8 rings (SSSR count). The predicted molar refractivity (Wildman–Crippen MR) is 133 cm³/mol. The lowest BCUT2D eigenvalue weighted by Gasteiger charge is -2.41. The van der Waals surface area contributed by atoms with Crippen LogP contribution in [0.3, 0.4) is 0 Å². The van der Waals surface area contributed by atoms with Crippen molar-refractivity contribution < 1.29 is 14.3 Å². The normalized spacial score (nSPS) is 24.9. The van der Waals surface area contributed by atoms with E-state index >= 15 is 0 Å². The number of fused-ring (bicyclic) bond motifs is 2. The fourth-order valence-electron chi connectivity index (χ4n) is 5.75. The molecule has 4 fully saturated rings. The molecule has 36 heavy (non-hydrogen) atoms. The molecule has 4 aromatic heterocycles. The third kappa shape index (κ3) is 3.49. The van der Waals surface area contributed by atoms with E-state index in [0.717, 1.165) is 54.8 Å². The van der Waals surface area contributed by atoms with Gasteiger partial charge in [-0.2, -0.15) is 5.10 Å². The highest BCUT2D eigenvalue weighted by Crippen LogP contribution is 2.58. The SMILES string of the molecule is Cc1cc(-n2ccc(NC(=O)c3cn4cc(C56COC(C)(C5)C6)nc4cc3OC3CCC3)n2)ccn1. The smallest absolute Gasteiger partial charge is 0.262 e. The van der Waals surface area contributed by atoms with Crippen molar-refractivity contribution in [1.82, 2.24) is 24.1 Å². The molecule has 0 spiro atoms. The van der Waals surface area contributed by atoms with Gasteiger partial charge in [0.05, 0.1) is 35.3 Å². The summed E-state index contributed by atoms with van der Waals surface area (Å²) >= 11 is 0. The Morgan fingerprint density at radius 1 is 1.22 bits per heavy atom. The summed E-state index contributed by atoms with van der Waals surface area (Å²) < 4.78 is 15.9. The zero-order chi connectivity index (χ0) is 24.5. The van der Waals surface area contributed by atoms with Crippen LogP contribution in [0.1, 0.15) is 60.8 Å². The lowest BCUT2D eigenvalue weighted by molar-refractivity contribution is 0.0154. The van der Waals surface area contributed by atoms with Gasteiger partial charge in [0, 0.05) is 48.0 Å². The molecule has 2 saturated heterocycles. The minimum atomic E-state index is -0.267. The molecular formula is C27H28N6O3. The second kappa shape index (κ2) is 7.64. The number of pyridine rings is 2.